The van der Waals surface area contributed by atoms with Crippen LogP contribution in [0.1, 0.15) is 20.8 Å². The third-order valence-corrected chi connectivity index (χ3v) is 4.72. The van der Waals surface area contributed by atoms with E-state index < -0.39 is 9.04 Å². The first-order valence-electron chi connectivity index (χ1n) is 4.32. The molecule has 0 radical (unpaired) electrons. The van der Waals surface area contributed by atoms with Gasteiger partial charge in [-0.2, -0.15) is 0 Å². The summed E-state index contributed by atoms with van der Waals surface area (Å²) in [7, 11) is 0.812. The van der Waals surface area contributed by atoms with Crippen molar-refractivity contribution in [3.8, 4) is 0 Å². The molecule has 11 heavy (non-hydrogen) atoms. The minimum atomic E-state index is -0.898. The van der Waals surface area contributed by atoms with E-state index in [1.54, 1.807) is 7.11 Å². The maximum Gasteiger partial charge on any atom is 0.179 e. The Morgan fingerprint density at radius 3 is 2.27 bits per heavy atom. The van der Waals surface area contributed by atoms with Crippen molar-refractivity contribution in [3.05, 3.63) is 0 Å². The second-order valence-electron chi connectivity index (χ2n) is 3.05. The quantitative estimate of drug-likeness (QED) is 0.454. The van der Waals surface area contributed by atoms with Crippen LogP contribution in [-0.2, 0) is 9.16 Å². The van der Waals surface area contributed by atoms with Crippen LogP contribution in [0.4, 0.5) is 0 Å². The molecule has 0 aliphatic heterocycles. The molecule has 0 aliphatic carbocycles. The summed E-state index contributed by atoms with van der Waals surface area (Å²) in [6, 6.07) is 1.22. The third-order valence-electron chi connectivity index (χ3n) is 1.77. The molecule has 0 aliphatic rings. The van der Waals surface area contributed by atoms with Crippen molar-refractivity contribution in [2.45, 2.75) is 32.4 Å². The predicted octanol–water partition coefficient (Wildman–Crippen LogP) is 1.80. The fraction of sp³-hybridized carbons (Fsp3) is 1.00. The number of hydrogen-bond donors (Lipinski definition) is 0. The van der Waals surface area contributed by atoms with Crippen molar-refractivity contribution < 1.29 is 9.16 Å². The van der Waals surface area contributed by atoms with Crippen LogP contribution in [0, 0.1) is 0 Å². The predicted molar refractivity (Wildman–Crippen MR) is 50.6 cm³/mol. The molecule has 0 spiro atoms. The standard InChI is InChI=1S/C8H20O2Si/c1-5-11(8(2)3)10-7-6-9-4/h8,11H,5-7H2,1-4H3. The van der Waals surface area contributed by atoms with Gasteiger partial charge in [0.25, 0.3) is 0 Å². The summed E-state index contributed by atoms with van der Waals surface area (Å²) in [6.07, 6.45) is 0. The fourth-order valence-corrected chi connectivity index (χ4v) is 3.03. The normalized spacial score (nSPS) is 13.9. The maximum absolute atomic E-state index is 5.71. The molecule has 68 valence electrons. The average molecular weight is 176 g/mol. The van der Waals surface area contributed by atoms with Crippen LogP contribution in [0.25, 0.3) is 0 Å². The molecule has 0 amide bonds. The molecule has 0 N–H and O–H groups in total. The largest absolute Gasteiger partial charge is 0.417 e. The van der Waals surface area contributed by atoms with Gasteiger partial charge in [0.2, 0.25) is 0 Å². The molecular formula is C8H20O2Si. The summed E-state index contributed by atoms with van der Waals surface area (Å²) in [5.41, 5.74) is 0.747. The highest BCUT2D eigenvalue weighted by Gasteiger charge is 2.13. The minimum Gasteiger partial charge on any atom is -0.417 e. The van der Waals surface area contributed by atoms with E-state index in [2.05, 4.69) is 20.8 Å². The average Bonchev–Trinajstić information content (AvgIpc) is 1.97. The molecule has 0 saturated carbocycles. The Bertz CT molecular complexity index is 86.2. The fourth-order valence-electron chi connectivity index (χ4n) is 1.06. The molecule has 0 bridgehead atoms. The van der Waals surface area contributed by atoms with Gasteiger partial charge in [-0.1, -0.05) is 20.8 Å². The summed E-state index contributed by atoms with van der Waals surface area (Å²) >= 11 is 0. The van der Waals surface area contributed by atoms with Crippen LogP contribution in [-0.4, -0.2) is 29.4 Å². The van der Waals surface area contributed by atoms with Crippen molar-refractivity contribution in [3.63, 3.8) is 0 Å². The highest BCUT2D eigenvalue weighted by atomic mass is 28.3. The van der Waals surface area contributed by atoms with Crippen LogP contribution < -0.4 is 0 Å². The van der Waals surface area contributed by atoms with E-state index in [4.69, 9.17) is 9.16 Å². The van der Waals surface area contributed by atoms with Gasteiger partial charge >= 0.3 is 0 Å². The topological polar surface area (TPSA) is 18.5 Å². The lowest BCUT2D eigenvalue weighted by molar-refractivity contribution is 0.144. The number of methoxy groups -OCH3 is 1. The van der Waals surface area contributed by atoms with E-state index in [-0.39, 0.29) is 0 Å². The lowest BCUT2D eigenvalue weighted by atomic mass is 10.6. The molecule has 0 aromatic heterocycles. The van der Waals surface area contributed by atoms with E-state index in [9.17, 15) is 0 Å². The first-order valence-corrected chi connectivity index (χ1v) is 6.28. The summed E-state index contributed by atoms with van der Waals surface area (Å²) < 4.78 is 10.6. The van der Waals surface area contributed by atoms with Crippen molar-refractivity contribution in [1.82, 2.24) is 0 Å². The van der Waals surface area contributed by atoms with Crippen molar-refractivity contribution >= 4 is 9.04 Å². The first kappa shape index (κ1) is 11.1. The molecule has 0 aromatic rings. The van der Waals surface area contributed by atoms with Gasteiger partial charge in [-0.3, -0.25) is 0 Å². The summed E-state index contributed by atoms with van der Waals surface area (Å²) in [5.74, 6) is 0. The first-order chi connectivity index (χ1) is 5.22. The van der Waals surface area contributed by atoms with E-state index in [1.165, 1.54) is 6.04 Å². The van der Waals surface area contributed by atoms with Crippen LogP contribution in [0.2, 0.25) is 11.6 Å². The Labute approximate surface area is 71.6 Å². The zero-order chi connectivity index (χ0) is 8.69. The van der Waals surface area contributed by atoms with E-state index >= 15 is 0 Å². The van der Waals surface area contributed by atoms with Crippen molar-refractivity contribution in [2.75, 3.05) is 20.3 Å². The Morgan fingerprint density at radius 1 is 1.27 bits per heavy atom. The van der Waals surface area contributed by atoms with Crippen LogP contribution in [0.15, 0.2) is 0 Å². The summed E-state index contributed by atoms with van der Waals surface area (Å²) in [4.78, 5) is 0. The number of rotatable bonds is 6. The van der Waals surface area contributed by atoms with Gasteiger partial charge in [0.15, 0.2) is 9.04 Å². The molecule has 0 saturated heterocycles. The molecule has 3 heteroatoms. The lowest BCUT2D eigenvalue weighted by Gasteiger charge is -2.17. The van der Waals surface area contributed by atoms with E-state index in [1.807, 2.05) is 0 Å². The van der Waals surface area contributed by atoms with Gasteiger partial charge in [0.1, 0.15) is 0 Å². The molecule has 0 rings (SSSR count). The molecule has 0 aromatic carbocycles. The van der Waals surface area contributed by atoms with Gasteiger partial charge in [-0.15, -0.1) is 0 Å². The molecular weight excluding hydrogens is 156 g/mol. The highest BCUT2D eigenvalue weighted by Crippen LogP contribution is 2.11. The Hall–Kier alpha value is 0.137. The van der Waals surface area contributed by atoms with Crippen LogP contribution >= 0.6 is 0 Å². The molecule has 1 atom stereocenters. The molecule has 0 heterocycles. The van der Waals surface area contributed by atoms with Crippen molar-refractivity contribution in [1.29, 1.82) is 0 Å². The molecule has 1 unspecified atom stereocenters. The molecule has 2 nitrogen and oxygen atoms in total. The van der Waals surface area contributed by atoms with Gasteiger partial charge in [-0.05, 0) is 11.6 Å². The van der Waals surface area contributed by atoms with E-state index in [0.29, 0.717) is 0 Å². The smallest absolute Gasteiger partial charge is 0.179 e. The number of hydrogen-bond acceptors (Lipinski definition) is 2. The van der Waals surface area contributed by atoms with Gasteiger partial charge in [0.05, 0.1) is 13.2 Å². The number of ether oxygens (including phenoxy) is 1. The zero-order valence-electron chi connectivity index (χ0n) is 8.09. The maximum atomic E-state index is 5.71. The zero-order valence-corrected chi connectivity index (χ0v) is 9.25. The molecule has 0 fully saturated rings. The second kappa shape index (κ2) is 6.82. The van der Waals surface area contributed by atoms with Crippen LogP contribution in [0.5, 0.6) is 0 Å². The summed E-state index contributed by atoms with van der Waals surface area (Å²) in [5, 5.41) is 0. The summed E-state index contributed by atoms with van der Waals surface area (Å²) in [6.45, 7) is 8.21. The Kier molecular flexibility index (Phi) is 6.91. The van der Waals surface area contributed by atoms with Crippen LogP contribution in [0.3, 0.4) is 0 Å². The minimum absolute atomic E-state index is 0.732. The van der Waals surface area contributed by atoms with E-state index in [0.717, 1.165) is 18.8 Å². The SMILES string of the molecule is CC[SiH](OCCOC)C(C)C. The Morgan fingerprint density at radius 2 is 1.91 bits per heavy atom. The third kappa shape index (κ3) is 5.41. The highest BCUT2D eigenvalue weighted by molar-refractivity contribution is 6.53. The monoisotopic (exact) mass is 176 g/mol. The Balaban J connectivity index is 3.36. The van der Waals surface area contributed by atoms with Gasteiger partial charge in [-0.25, -0.2) is 0 Å². The van der Waals surface area contributed by atoms with Gasteiger partial charge < -0.3 is 9.16 Å². The second-order valence-corrected chi connectivity index (χ2v) is 6.61. The van der Waals surface area contributed by atoms with Crippen molar-refractivity contribution in [2.24, 2.45) is 0 Å². The lowest BCUT2D eigenvalue weighted by Crippen LogP contribution is -2.22. The van der Waals surface area contributed by atoms with Gasteiger partial charge in [0, 0.05) is 7.11 Å².